The third kappa shape index (κ3) is 1.49. The molecule has 1 aromatic rings. The molecule has 0 unspecified atom stereocenters. The van der Waals surface area contributed by atoms with Crippen LogP contribution in [-0.2, 0) is 0 Å². The van der Waals surface area contributed by atoms with Crippen LogP contribution in [0, 0.1) is 11.8 Å². The summed E-state index contributed by atoms with van der Waals surface area (Å²) in [6.07, 6.45) is 0. The van der Waals surface area contributed by atoms with Gasteiger partial charge in [0.15, 0.2) is 11.5 Å². The SMILES string of the molecule is NC(=O)c1nc(F)ccc1F.[HH]. The fourth-order valence-electron chi connectivity index (χ4n) is 0.591. The summed E-state index contributed by atoms with van der Waals surface area (Å²) in [5.41, 5.74) is 4.00. The van der Waals surface area contributed by atoms with E-state index < -0.39 is 23.4 Å². The van der Waals surface area contributed by atoms with Gasteiger partial charge < -0.3 is 5.73 Å². The number of carbonyl (C=O) groups is 1. The van der Waals surface area contributed by atoms with Crippen molar-refractivity contribution in [1.82, 2.24) is 4.98 Å². The quantitative estimate of drug-likeness (QED) is 0.615. The number of aromatic nitrogens is 1. The number of nitrogens with two attached hydrogens (primary N) is 1. The normalized spacial score (nSPS) is 9.64. The number of pyridine rings is 1. The Morgan fingerprint density at radius 3 is 2.64 bits per heavy atom. The molecule has 0 bridgehead atoms. The molecule has 11 heavy (non-hydrogen) atoms. The molecule has 0 atom stereocenters. The van der Waals surface area contributed by atoms with Gasteiger partial charge in [-0.25, -0.2) is 9.37 Å². The van der Waals surface area contributed by atoms with Crippen LogP contribution in [0.1, 0.15) is 11.9 Å². The Balaban J connectivity index is 0.00000121. The summed E-state index contributed by atoms with van der Waals surface area (Å²) >= 11 is 0. The third-order valence-corrected chi connectivity index (χ3v) is 1.05. The van der Waals surface area contributed by atoms with Gasteiger partial charge in [0, 0.05) is 1.43 Å². The van der Waals surface area contributed by atoms with Crippen LogP contribution in [0.5, 0.6) is 0 Å². The molecule has 60 valence electrons. The number of amides is 1. The summed E-state index contributed by atoms with van der Waals surface area (Å²) in [7, 11) is 0. The zero-order chi connectivity index (χ0) is 8.43. The van der Waals surface area contributed by atoms with Gasteiger partial charge in [0.25, 0.3) is 5.91 Å². The van der Waals surface area contributed by atoms with Crippen molar-refractivity contribution in [2.45, 2.75) is 0 Å². The van der Waals surface area contributed by atoms with E-state index in [9.17, 15) is 13.6 Å². The average molecular weight is 160 g/mol. The lowest BCUT2D eigenvalue weighted by Gasteiger charge is -1.95. The van der Waals surface area contributed by atoms with E-state index in [1.54, 1.807) is 0 Å². The summed E-state index contributed by atoms with van der Waals surface area (Å²) in [5.74, 6) is -2.93. The van der Waals surface area contributed by atoms with Gasteiger partial charge in [0.1, 0.15) is 0 Å². The van der Waals surface area contributed by atoms with Gasteiger partial charge in [-0.2, -0.15) is 4.39 Å². The van der Waals surface area contributed by atoms with E-state index in [0.717, 1.165) is 12.1 Å². The Morgan fingerprint density at radius 2 is 2.18 bits per heavy atom. The molecule has 0 radical (unpaired) electrons. The zero-order valence-corrected chi connectivity index (χ0v) is 5.34. The number of nitrogens with zero attached hydrogens (tertiary/aromatic N) is 1. The maximum absolute atomic E-state index is 12.5. The van der Waals surface area contributed by atoms with Crippen LogP contribution in [0.4, 0.5) is 8.78 Å². The molecule has 5 heteroatoms. The molecule has 0 aliphatic carbocycles. The van der Waals surface area contributed by atoms with E-state index in [-0.39, 0.29) is 1.43 Å². The molecule has 0 saturated carbocycles. The first kappa shape index (κ1) is 7.59. The maximum Gasteiger partial charge on any atom is 0.270 e. The fourth-order valence-corrected chi connectivity index (χ4v) is 0.591. The molecular formula is C6H6F2N2O. The molecule has 1 rings (SSSR count). The number of carbonyl (C=O) groups excluding carboxylic acids is 1. The van der Waals surface area contributed by atoms with Crippen LogP contribution in [-0.4, -0.2) is 10.9 Å². The molecule has 0 spiro atoms. The van der Waals surface area contributed by atoms with Crippen molar-refractivity contribution >= 4 is 5.91 Å². The Bertz CT molecular complexity index is 306. The number of halogens is 2. The van der Waals surface area contributed by atoms with Crippen LogP contribution < -0.4 is 5.73 Å². The smallest absolute Gasteiger partial charge is 0.270 e. The Hall–Kier alpha value is -1.52. The van der Waals surface area contributed by atoms with Gasteiger partial charge in [-0.15, -0.1) is 0 Å². The molecule has 0 aliphatic rings. The minimum absolute atomic E-state index is 0. The summed E-state index contributed by atoms with van der Waals surface area (Å²) in [6, 6.07) is 1.60. The van der Waals surface area contributed by atoms with Crippen molar-refractivity contribution in [1.29, 1.82) is 0 Å². The molecule has 0 saturated heterocycles. The standard InChI is InChI=1S/C6H4F2N2O.H2/c7-3-1-2-4(8)10-5(3)6(9)11;/h1-2H,(H2,9,11);1H. The van der Waals surface area contributed by atoms with Gasteiger partial charge in [-0.3, -0.25) is 4.79 Å². The van der Waals surface area contributed by atoms with Crippen molar-refractivity contribution in [3.05, 3.63) is 29.6 Å². The summed E-state index contributed by atoms with van der Waals surface area (Å²) in [4.78, 5) is 13.3. The molecule has 0 aliphatic heterocycles. The van der Waals surface area contributed by atoms with Crippen molar-refractivity contribution in [2.75, 3.05) is 0 Å². The molecule has 0 fully saturated rings. The predicted octanol–water partition coefficient (Wildman–Crippen LogP) is 0.705. The van der Waals surface area contributed by atoms with Crippen LogP contribution >= 0.6 is 0 Å². The number of primary amides is 1. The Kier molecular flexibility index (Phi) is 1.80. The highest BCUT2D eigenvalue weighted by Crippen LogP contribution is 2.03. The van der Waals surface area contributed by atoms with Crippen LogP contribution in [0.3, 0.4) is 0 Å². The highest BCUT2D eigenvalue weighted by atomic mass is 19.1. The van der Waals surface area contributed by atoms with Crippen LogP contribution in [0.25, 0.3) is 0 Å². The van der Waals surface area contributed by atoms with E-state index in [1.807, 2.05) is 0 Å². The highest BCUT2D eigenvalue weighted by molar-refractivity contribution is 5.90. The second-order valence-corrected chi connectivity index (χ2v) is 1.83. The lowest BCUT2D eigenvalue weighted by Crippen LogP contribution is -2.15. The first-order valence-electron chi connectivity index (χ1n) is 2.73. The van der Waals surface area contributed by atoms with Gasteiger partial charge in [-0.1, -0.05) is 0 Å². The molecule has 2 N–H and O–H groups in total. The maximum atomic E-state index is 12.5. The Labute approximate surface area is 62.3 Å². The highest BCUT2D eigenvalue weighted by Gasteiger charge is 2.09. The number of hydrogen-bond donors (Lipinski definition) is 1. The second kappa shape index (κ2) is 2.61. The molecule has 1 aromatic heterocycles. The van der Waals surface area contributed by atoms with Gasteiger partial charge in [0.2, 0.25) is 5.95 Å². The summed E-state index contributed by atoms with van der Waals surface area (Å²) in [6.45, 7) is 0. The van der Waals surface area contributed by atoms with E-state index in [4.69, 9.17) is 0 Å². The van der Waals surface area contributed by atoms with E-state index >= 15 is 0 Å². The van der Waals surface area contributed by atoms with Gasteiger partial charge in [0.05, 0.1) is 0 Å². The summed E-state index contributed by atoms with van der Waals surface area (Å²) < 4.78 is 24.7. The fraction of sp³-hybridized carbons (Fsp3) is 0. The van der Waals surface area contributed by atoms with E-state index in [2.05, 4.69) is 10.7 Å². The average Bonchev–Trinajstić information content (AvgIpc) is 1.94. The minimum Gasteiger partial charge on any atom is -0.364 e. The largest absolute Gasteiger partial charge is 0.364 e. The first-order valence-corrected chi connectivity index (χ1v) is 2.73. The predicted molar refractivity (Wildman–Crippen MR) is 34.8 cm³/mol. The lowest BCUT2D eigenvalue weighted by atomic mass is 10.3. The molecule has 0 aromatic carbocycles. The minimum atomic E-state index is -1.08. The van der Waals surface area contributed by atoms with E-state index in [0.29, 0.717) is 0 Å². The lowest BCUT2D eigenvalue weighted by molar-refractivity contribution is 0.0990. The Morgan fingerprint density at radius 1 is 1.55 bits per heavy atom. The van der Waals surface area contributed by atoms with Crippen molar-refractivity contribution < 1.29 is 15.0 Å². The van der Waals surface area contributed by atoms with Crippen LogP contribution in [0.15, 0.2) is 12.1 Å². The topological polar surface area (TPSA) is 56.0 Å². The number of hydrogen-bond acceptors (Lipinski definition) is 2. The summed E-state index contributed by atoms with van der Waals surface area (Å²) in [5, 5.41) is 0. The van der Waals surface area contributed by atoms with E-state index in [1.165, 1.54) is 0 Å². The monoisotopic (exact) mass is 160 g/mol. The third-order valence-electron chi connectivity index (χ3n) is 1.05. The second-order valence-electron chi connectivity index (χ2n) is 1.83. The first-order chi connectivity index (χ1) is 5.11. The molecule has 3 nitrogen and oxygen atoms in total. The molecular weight excluding hydrogens is 154 g/mol. The van der Waals surface area contributed by atoms with Crippen molar-refractivity contribution in [3.8, 4) is 0 Å². The number of rotatable bonds is 1. The molecule has 1 amide bonds. The zero-order valence-electron chi connectivity index (χ0n) is 5.34. The molecule has 1 heterocycles. The van der Waals surface area contributed by atoms with Crippen molar-refractivity contribution in [3.63, 3.8) is 0 Å². The van der Waals surface area contributed by atoms with Crippen LogP contribution in [0.2, 0.25) is 0 Å². The van der Waals surface area contributed by atoms with Crippen molar-refractivity contribution in [2.24, 2.45) is 5.73 Å². The van der Waals surface area contributed by atoms with Gasteiger partial charge in [-0.05, 0) is 12.1 Å². The van der Waals surface area contributed by atoms with Gasteiger partial charge >= 0.3 is 0 Å².